The number of carbonyl (C=O) groups excluding carboxylic acids is 1. The molecule has 0 spiro atoms. The molecule has 2 aromatic rings. The third-order valence-corrected chi connectivity index (χ3v) is 4.29. The van der Waals surface area contributed by atoms with E-state index in [4.69, 9.17) is 5.11 Å². The molecular formula is C16H19N3O4. The molecule has 0 saturated carbocycles. The SMILES string of the molecule is O=C(O)[C@H]1CCCN1C(=O)CCCc1ccc2[nH]c(=O)[nH]c2c1. The van der Waals surface area contributed by atoms with Gasteiger partial charge in [-0.1, -0.05) is 6.07 Å². The van der Waals surface area contributed by atoms with Crippen LogP contribution in [0.25, 0.3) is 11.0 Å². The summed E-state index contributed by atoms with van der Waals surface area (Å²) in [5, 5.41) is 9.11. The number of rotatable bonds is 5. The Morgan fingerprint density at radius 1 is 1.26 bits per heavy atom. The van der Waals surface area contributed by atoms with Crippen LogP contribution >= 0.6 is 0 Å². The number of aromatic amines is 2. The van der Waals surface area contributed by atoms with Crippen LogP contribution in [-0.4, -0.2) is 44.4 Å². The molecule has 1 aromatic heterocycles. The maximum absolute atomic E-state index is 12.2. The summed E-state index contributed by atoms with van der Waals surface area (Å²) in [5.74, 6) is -1.01. The normalized spacial score (nSPS) is 17.7. The number of nitrogens with zero attached hydrogens (tertiary/aromatic N) is 1. The van der Waals surface area contributed by atoms with E-state index in [1.54, 1.807) is 0 Å². The Hall–Kier alpha value is -2.57. The highest BCUT2D eigenvalue weighted by Crippen LogP contribution is 2.19. The van der Waals surface area contributed by atoms with Gasteiger partial charge in [0.15, 0.2) is 0 Å². The second kappa shape index (κ2) is 6.28. The molecule has 1 aromatic carbocycles. The molecule has 2 heterocycles. The number of carboxylic acids is 1. The lowest BCUT2D eigenvalue weighted by molar-refractivity contribution is -0.148. The lowest BCUT2D eigenvalue weighted by Gasteiger charge is -2.21. The van der Waals surface area contributed by atoms with E-state index in [9.17, 15) is 14.4 Å². The number of fused-ring (bicyclic) bond motifs is 1. The number of benzene rings is 1. The number of imidazole rings is 1. The fraction of sp³-hybridized carbons (Fsp3) is 0.438. The second-order valence-electron chi connectivity index (χ2n) is 5.90. The molecule has 0 aliphatic carbocycles. The third kappa shape index (κ3) is 3.28. The summed E-state index contributed by atoms with van der Waals surface area (Å²) in [6.07, 6.45) is 2.99. The lowest BCUT2D eigenvalue weighted by atomic mass is 10.1. The van der Waals surface area contributed by atoms with Crippen LogP contribution in [0, 0.1) is 0 Å². The number of hydrogen-bond acceptors (Lipinski definition) is 3. The van der Waals surface area contributed by atoms with E-state index in [1.807, 2.05) is 18.2 Å². The molecule has 7 heteroatoms. The van der Waals surface area contributed by atoms with Gasteiger partial charge in [0.25, 0.3) is 0 Å². The minimum atomic E-state index is -0.919. The Labute approximate surface area is 132 Å². The molecule has 3 N–H and O–H groups in total. The van der Waals surface area contributed by atoms with Crippen LogP contribution in [0.5, 0.6) is 0 Å². The standard InChI is InChI=1S/C16H19N3O4/c20-14(19-8-2-4-13(19)15(21)22)5-1-3-10-6-7-11-12(9-10)18-16(23)17-11/h6-7,9,13H,1-5,8H2,(H,21,22)(H2,17,18,23)/t13-/m1/s1. The molecule has 3 rings (SSSR count). The van der Waals surface area contributed by atoms with Crippen molar-refractivity contribution in [3.8, 4) is 0 Å². The summed E-state index contributed by atoms with van der Waals surface area (Å²) in [4.78, 5) is 41.4. The summed E-state index contributed by atoms with van der Waals surface area (Å²) in [7, 11) is 0. The minimum absolute atomic E-state index is 0.0916. The van der Waals surface area contributed by atoms with Gasteiger partial charge >= 0.3 is 11.7 Å². The van der Waals surface area contributed by atoms with Crippen LogP contribution in [0.15, 0.2) is 23.0 Å². The van der Waals surface area contributed by atoms with Crippen LogP contribution in [0.3, 0.4) is 0 Å². The van der Waals surface area contributed by atoms with Gasteiger partial charge in [0, 0.05) is 13.0 Å². The van der Waals surface area contributed by atoms with Gasteiger partial charge in [-0.25, -0.2) is 9.59 Å². The van der Waals surface area contributed by atoms with Crippen molar-refractivity contribution in [3.05, 3.63) is 34.2 Å². The van der Waals surface area contributed by atoms with E-state index in [-0.39, 0.29) is 11.6 Å². The highest BCUT2D eigenvalue weighted by Gasteiger charge is 2.33. The van der Waals surface area contributed by atoms with Crippen molar-refractivity contribution in [2.45, 2.75) is 38.1 Å². The van der Waals surface area contributed by atoms with Gasteiger partial charge in [0.05, 0.1) is 11.0 Å². The van der Waals surface area contributed by atoms with Crippen molar-refractivity contribution >= 4 is 22.9 Å². The van der Waals surface area contributed by atoms with Gasteiger partial charge < -0.3 is 20.0 Å². The number of likely N-dealkylation sites (tertiary alicyclic amines) is 1. The fourth-order valence-corrected chi connectivity index (χ4v) is 3.14. The van der Waals surface area contributed by atoms with Gasteiger partial charge in [-0.2, -0.15) is 0 Å². The van der Waals surface area contributed by atoms with Gasteiger partial charge in [0.2, 0.25) is 5.91 Å². The Morgan fingerprint density at radius 2 is 2.04 bits per heavy atom. The first kappa shape index (κ1) is 15.3. The van der Waals surface area contributed by atoms with E-state index in [0.29, 0.717) is 32.2 Å². The number of amides is 1. The Bertz CT molecular complexity index is 792. The Morgan fingerprint density at radius 3 is 2.83 bits per heavy atom. The van der Waals surface area contributed by atoms with E-state index in [0.717, 1.165) is 23.0 Å². The molecule has 0 bridgehead atoms. The maximum Gasteiger partial charge on any atom is 0.326 e. The van der Waals surface area contributed by atoms with Crippen molar-refractivity contribution in [3.63, 3.8) is 0 Å². The maximum atomic E-state index is 12.2. The summed E-state index contributed by atoms with van der Waals surface area (Å²) < 4.78 is 0. The van der Waals surface area contributed by atoms with Gasteiger partial charge in [-0.05, 0) is 43.4 Å². The van der Waals surface area contributed by atoms with Gasteiger partial charge in [-0.3, -0.25) is 4.79 Å². The second-order valence-corrected chi connectivity index (χ2v) is 5.90. The van der Waals surface area contributed by atoms with E-state index >= 15 is 0 Å². The highest BCUT2D eigenvalue weighted by atomic mass is 16.4. The number of aryl methyl sites for hydroxylation is 1. The van der Waals surface area contributed by atoms with Crippen LogP contribution in [0.1, 0.15) is 31.2 Å². The molecule has 1 saturated heterocycles. The predicted octanol–water partition coefficient (Wildman–Crippen LogP) is 1.25. The van der Waals surface area contributed by atoms with Gasteiger partial charge in [-0.15, -0.1) is 0 Å². The smallest absolute Gasteiger partial charge is 0.326 e. The van der Waals surface area contributed by atoms with Crippen molar-refractivity contribution in [2.24, 2.45) is 0 Å². The number of hydrogen-bond donors (Lipinski definition) is 3. The number of carboxylic acid groups (broad SMARTS) is 1. The summed E-state index contributed by atoms with van der Waals surface area (Å²) in [5.41, 5.74) is 2.32. The van der Waals surface area contributed by atoms with Crippen molar-refractivity contribution in [1.82, 2.24) is 14.9 Å². The quantitative estimate of drug-likeness (QED) is 0.771. The molecule has 1 aliphatic heterocycles. The Balaban J connectivity index is 1.56. The van der Waals surface area contributed by atoms with Crippen LogP contribution in [0.2, 0.25) is 0 Å². The van der Waals surface area contributed by atoms with Crippen molar-refractivity contribution < 1.29 is 14.7 Å². The van der Waals surface area contributed by atoms with Gasteiger partial charge in [0.1, 0.15) is 6.04 Å². The number of aliphatic carboxylic acids is 1. The van der Waals surface area contributed by atoms with E-state index in [2.05, 4.69) is 9.97 Å². The zero-order chi connectivity index (χ0) is 16.4. The Kier molecular flexibility index (Phi) is 4.18. The molecule has 23 heavy (non-hydrogen) atoms. The van der Waals surface area contributed by atoms with Crippen molar-refractivity contribution in [2.75, 3.05) is 6.54 Å². The molecule has 1 amide bonds. The predicted molar refractivity (Wildman–Crippen MR) is 84.2 cm³/mol. The number of aromatic nitrogens is 2. The van der Waals surface area contributed by atoms with Crippen LogP contribution in [-0.2, 0) is 16.0 Å². The highest BCUT2D eigenvalue weighted by molar-refractivity contribution is 5.84. The summed E-state index contributed by atoms with van der Waals surface area (Å²) in [6.45, 7) is 0.534. The average molecular weight is 317 g/mol. The van der Waals surface area contributed by atoms with Crippen molar-refractivity contribution in [1.29, 1.82) is 0 Å². The van der Waals surface area contributed by atoms with E-state index < -0.39 is 12.0 Å². The molecule has 0 unspecified atom stereocenters. The molecule has 0 radical (unpaired) electrons. The molecule has 122 valence electrons. The number of carbonyl (C=O) groups is 2. The largest absolute Gasteiger partial charge is 0.480 e. The monoisotopic (exact) mass is 317 g/mol. The topological polar surface area (TPSA) is 106 Å². The van der Waals surface area contributed by atoms with Crippen LogP contribution in [0.4, 0.5) is 0 Å². The minimum Gasteiger partial charge on any atom is -0.480 e. The third-order valence-electron chi connectivity index (χ3n) is 4.29. The summed E-state index contributed by atoms with van der Waals surface area (Å²) in [6, 6.07) is 5.00. The molecule has 1 aliphatic rings. The number of nitrogens with one attached hydrogen (secondary N) is 2. The zero-order valence-corrected chi connectivity index (χ0v) is 12.7. The average Bonchev–Trinajstić information content (AvgIpc) is 3.11. The zero-order valence-electron chi connectivity index (χ0n) is 12.7. The first-order valence-electron chi connectivity index (χ1n) is 7.78. The molecular weight excluding hydrogens is 298 g/mol. The molecule has 1 fully saturated rings. The number of H-pyrrole nitrogens is 2. The summed E-state index contributed by atoms with van der Waals surface area (Å²) >= 11 is 0. The first-order chi connectivity index (χ1) is 11.0. The fourth-order valence-electron chi connectivity index (χ4n) is 3.14. The molecule has 1 atom stereocenters. The first-order valence-corrected chi connectivity index (χ1v) is 7.78. The van der Waals surface area contributed by atoms with E-state index in [1.165, 1.54) is 4.90 Å². The lowest BCUT2D eigenvalue weighted by Crippen LogP contribution is -2.40. The molecule has 7 nitrogen and oxygen atoms in total. The van der Waals surface area contributed by atoms with Crippen LogP contribution < -0.4 is 5.69 Å².